The number of rotatable bonds is 9. The number of sulfonamides is 1. The van der Waals surface area contributed by atoms with E-state index >= 15 is 0 Å². The van der Waals surface area contributed by atoms with Gasteiger partial charge in [0.2, 0.25) is 10.0 Å². The van der Waals surface area contributed by atoms with Gasteiger partial charge in [-0.3, -0.25) is 9.59 Å². The molecule has 0 aliphatic heterocycles. The molecule has 2 aromatic carbocycles. The van der Waals surface area contributed by atoms with Crippen LogP contribution in [0, 0.1) is 6.92 Å². The fourth-order valence-corrected chi connectivity index (χ4v) is 3.65. The van der Waals surface area contributed by atoms with Crippen LogP contribution in [-0.2, 0) is 14.8 Å². The molecule has 8 heteroatoms. The first-order valence-corrected chi connectivity index (χ1v) is 10.3. The SMILES string of the molecule is CCCNS(=O)(=O)c1ccc(OCC(=O)Nc2cccc(C(C)=O)c2)c(C)c1. The average Bonchev–Trinajstić information content (AvgIpc) is 2.65. The molecular weight excluding hydrogens is 380 g/mol. The lowest BCUT2D eigenvalue weighted by Gasteiger charge is -2.12. The smallest absolute Gasteiger partial charge is 0.262 e. The van der Waals surface area contributed by atoms with Gasteiger partial charge in [0.15, 0.2) is 12.4 Å². The first-order chi connectivity index (χ1) is 13.2. The molecule has 0 aliphatic rings. The van der Waals surface area contributed by atoms with Gasteiger partial charge in [-0.15, -0.1) is 0 Å². The Bertz CT molecular complexity index is 970. The summed E-state index contributed by atoms with van der Waals surface area (Å²) in [7, 11) is -3.56. The first-order valence-electron chi connectivity index (χ1n) is 8.87. The summed E-state index contributed by atoms with van der Waals surface area (Å²) in [5.74, 6) is -0.0602. The molecule has 0 fully saturated rings. The molecule has 1 amide bonds. The van der Waals surface area contributed by atoms with Gasteiger partial charge in [-0.2, -0.15) is 0 Å². The molecular formula is C20H24N2O5S. The van der Waals surface area contributed by atoms with Gasteiger partial charge in [0.25, 0.3) is 5.91 Å². The normalized spacial score (nSPS) is 11.1. The number of benzene rings is 2. The average molecular weight is 404 g/mol. The van der Waals surface area contributed by atoms with Crippen LogP contribution in [0.15, 0.2) is 47.4 Å². The summed E-state index contributed by atoms with van der Waals surface area (Å²) in [5, 5.41) is 2.66. The summed E-state index contributed by atoms with van der Waals surface area (Å²) in [5.41, 5.74) is 1.61. The molecule has 0 atom stereocenters. The number of amides is 1. The Morgan fingerprint density at radius 2 is 1.86 bits per heavy atom. The minimum Gasteiger partial charge on any atom is -0.483 e. The molecule has 28 heavy (non-hydrogen) atoms. The van der Waals surface area contributed by atoms with Crippen molar-refractivity contribution in [3.05, 3.63) is 53.6 Å². The van der Waals surface area contributed by atoms with Gasteiger partial charge in [0, 0.05) is 17.8 Å². The van der Waals surface area contributed by atoms with Crippen LogP contribution >= 0.6 is 0 Å². The molecule has 150 valence electrons. The van der Waals surface area contributed by atoms with Crippen LogP contribution in [0.4, 0.5) is 5.69 Å². The molecule has 2 N–H and O–H groups in total. The number of anilines is 1. The fraction of sp³-hybridized carbons (Fsp3) is 0.300. The molecule has 2 aromatic rings. The Kier molecular flexibility index (Phi) is 7.31. The second kappa shape index (κ2) is 9.48. The summed E-state index contributed by atoms with van der Waals surface area (Å²) in [6.07, 6.45) is 0.698. The van der Waals surface area contributed by atoms with E-state index in [4.69, 9.17) is 4.74 Å². The highest BCUT2D eigenvalue weighted by molar-refractivity contribution is 7.89. The van der Waals surface area contributed by atoms with Gasteiger partial charge in [-0.25, -0.2) is 13.1 Å². The minimum atomic E-state index is -3.56. The van der Waals surface area contributed by atoms with Gasteiger partial charge in [-0.05, 0) is 56.2 Å². The van der Waals surface area contributed by atoms with Gasteiger partial charge in [-0.1, -0.05) is 19.1 Å². The first kappa shape index (κ1) is 21.6. The van der Waals surface area contributed by atoms with Gasteiger partial charge in [0.1, 0.15) is 5.75 Å². The fourth-order valence-electron chi connectivity index (χ4n) is 2.43. The molecule has 0 unspecified atom stereocenters. The largest absolute Gasteiger partial charge is 0.483 e. The van der Waals surface area contributed by atoms with E-state index in [9.17, 15) is 18.0 Å². The van der Waals surface area contributed by atoms with Crippen LogP contribution in [0.1, 0.15) is 36.2 Å². The molecule has 0 radical (unpaired) electrons. The quantitative estimate of drug-likeness (QED) is 0.626. The lowest BCUT2D eigenvalue weighted by Crippen LogP contribution is -2.24. The zero-order valence-corrected chi connectivity index (χ0v) is 16.9. The highest BCUT2D eigenvalue weighted by Crippen LogP contribution is 2.22. The summed E-state index contributed by atoms with van der Waals surface area (Å²) in [4.78, 5) is 23.6. The molecule has 0 aromatic heterocycles. The van der Waals surface area contributed by atoms with Crippen LogP contribution in [0.25, 0.3) is 0 Å². The molecule has 7 nitrogen and oxygen atoms in total. The summed E-state index contributed by atoms with van der Waals surface area (Å²) in [6, 6.07) is 11.1. The lowest BCUT2D eigenvalue weighted by atomic mass is 10.1. The zero-order valence-electron chi connectivity index (χ0n) is 16.1. The Morgan fingerprint density at radius 3 is 2.50 bits per heavy atom. The number of Topliss-reactive ketones (excluding diaryl/α,β-unsaturated/α-hetero) is 1. The standard InChI is InChI=1S/C20H24N2O5S/c1-4-10-21-28(25,26)18-8-9-19(14(2)11-18)27-13-20(24)22-17-7-5-6-16(12-17)15(3)23/h5-9,11-12,21H,4,10,13H2,1-3H3,(H,22,24). The maximum atomic E-state index is 12.2. The van der Waals surface area contributed by atoms with Crippen molar-refractivity contribution in [1.29, 1.82) is 0 Å². The van der Waals surface area contributed by atoms with Crippen LogP contribution in [0.5, 0.6) is 5.75 Å². The van der Waals surface area contributed by atoms with Gasteiger partial charge in [0.05, 0.1) is 4.90 Å². The Balaban J connectivity index is 2.00. The Hall–Kier alpha value is -2.71. The third-order valence-corrected chi connectivity index (χ3v) is 5.37. The number of nitrogens with one attached hydrogen (secondary N) is 2. The molecule has 0 aliphatic carbocycles. The van der Waals surface area contributed by atoms with Crippen LogP contribution in [0.3, 0.4) is 0 Å². The van der Waals surface area contributed by atoms with Crippen LogP contribution in [0.2, 0.25) is 0 Å². The molecule has 0 heterocycles. The van der Waals surface area contributed by atoms with E-state index < -0.39 is 10.0 Å². The maximum Gasteiger partial charge on any atom is 0.262 e. The van der Waals surface area contributed by atoms with Crippen LogP contribution in [-0.4, -0.2) is 33.3 Å². The number of aryl methyl sites for hydroxylation is 1. The molecule has 0 bridgehead atoms. The van der Waals surface area contributed by atoms with Crippen molar-refractivity contribution < 1.29 is 22.7 Å². The van der Waals surface area contributed by atoms with E-state index in [1.807, 2.05) is 6.92 Å². The number of carbonyl (C=O) groups is 2. The van der Waals surface area contributed by atoms with Gasteiger partial charge < -0.3 is 10.1 Å². The maximum absolute atomic E-state index is 12.2. The van der Waals surface area contributed by atoms with E-state index in [2.05, 4.69) is 10.0 Å². The Morgan fingerprint density at radius 1 is 1.11 bits per heavy atom. The number of carbonyl (C=O) groups excluding carboxylic acids is 2. The van der Waals surface area contributed by atoms with E-state index in [0.717, 1.165) is 0 Å². The molecule has 0 saturated heterocycles. The number of hydrogen-bond acceptors (Lipinski definition) is 5. The molecule has 0 saturated carbocycles. The zero-order chi connectivity index (χ0) is 20.7. The van der Waals surface area contributed by atoms with Crippen molar-refractivity contribution in [2.45, 2.75) is 32.1 Å². The van der Waals surface area contributed by atoms with Crippen molar-refractivity contribution >= 4 is 27.4 Å². The predicted molar refractivity (Wildman–Crippen MR) is 107 cm³/mol. The highest BCUT2D eigenvalue weighted by Gasteiger charge is 2.15. The third kappa shape index (κ3) is 5.90. The van der Waals surface area contributed by atoms with E-state index in [-0.39, 0.29) is 23.2 Å². The number of hydrogen-bond donors (Lipinski definition) is 2. The Labute approximate surface area is 165 Å². The topological polar surface area (TPSA) is 102 Å². The van der Waals surface area contributed by atoms with Crippen molar-refractivity contribution in [2.24, 2.45) is 0 Å². The molecule has 0 spiro atoms. The minimum absolute atomic E-state index is 0.0913. The van der Waals surface area contributed by atoms with E-state index in [1.165, 1.54) is 25.1 Å². The predicted octanol–water partition coefficient (Wildman–Crippen LogP) is 2.90. The third-order valence-electron chi connectivity index (χ3n) is 3.91. The number of ketones is 1. The second-order valence-electron chi connectivity index (χ2n) is 6.30. The van der Waals surface area contributed by atoms with Crippen molar-refractivity contribution in [1.82, 2.24) is 4.72 Å². The second-order valence-corrected chi connectivity index (χ2v) is 8.07. The summed E-state index contributed by atoms with van der Waals surface area (Å²) < 4.78 is 32.3. The van der Waals surface area contributed by atoms with Crippen molar-refractivity contribution in [2.75, 3.05) is 18.5 Å². The van der Waals surface area contributed by atoms with Crippen LogP contribution < -0.4 is 14.8 Å². The summed E-state index contributed by atoms with van der Waals surface area (Å²) in [6.45, 7) is 5.17. The van der Waals surface area contributed by atoms with E-state index in [1.54, 1.807) is 31.2 Å². The van der Waals surface area contributed by atoms with Crippen molar-refractivity contribution in [3.63, 3.8) is 0 Å². The lowest BCUT2D eigenvalue weighted by molar-refractivity contribution is -0.118. The van der Waals surface area contributed by atoms with Gasteiger partial charge >= 0.3 is 0 Å². The van der Waals surface area contributed by atoms with E-state index in [0.29, 0.717) is 35.5 Å². The number of ether oxygens (including phenoxy) is 1. The van der Waals surface area contributed by atoms with Crippen molar-refractivity contribution in [3.8, 4) is 5.75 Å². The highest BCUT2D eigenvalue weighted by atomic mass is 32.2. The monoisotopic (exact) mass is 404 g/mol. The summed E-state index contributed by atoms with van der Waals surface area (Å²) >= 11 is 0. The molecule has 2 rings (SSSR count).